The predicted octanol–water partition coefficient (Wildman–Crippen LogP) is 8.80. The average molecular weight is 552 g/mol. The van der Waals surface area contributed by atoms with E-state index in [0.29, 0.717) is 28.8 Å². The molecule has 0 radical (unpaired) electrons. The number of pyridine rings is 1. The fourth-order valence-electron chi connectivity index (χ4n) is 5.29. The van der Waals surface area contributed by atoms with Gasteiger partial charge in [0, 0.05) is 40.5 Å². The molecule has 3 aromatic heterocycles. The van der Waals surface area contributed by atoms with Crippen molar-refractivity contribution in [2.24, 2.45) is 5.92 Å². The van der Waals surface area contributed by atoms with Crippen molar-refractivity contribution in [1.82, 2.24) is 19.5 Å². The van der Waals surface area contributed by atoms with E-state index in [9.17, 15) is 5.26 Å². The van der Waals surface area contributed by atoms with Gasteiger partial charge < -0.3 is 4.74 Å². The van der Waals surface area contributed by atoms with Gasteiger partial charge in [0.25, 0.3) is 0 Å². The summed E-state index contributed by atoms with van der Waals surface area (Å²) in [6.07, 6.45) is 4.59. The number of hydrogen-bond acceptors (Lipinski definition) is 5. The van der Waals surface area contributed by atoms with Gasteiger partial charge in [0.05, 0.1) is 22.7 Å². The second-order valence-electron chi connectivity index (χ2n) is 12.1. The Balaban J connectivity index is 1.43. The van der Waals surface area contributed by atoms with Gasteiger partial charge in [-0.25, -0.2) is 15.0 Å². The molecule has 0 bridgehead atoms. The van der Waals surface area contributed by atoms with Crippen LogP contribution in [0.1, 0.15) is 51.4 Å². The molecule has 3 heterocycles. The number of nitriles is 1. The highest BCUT2D eigenvalue weighted by atomic mass is 16.5. The van der Waals surface area contributed by atoms with Gasteiger partial charge in [-0.3, -0.25) is 4.57 Å². The standard InChI is InChI=1S/C36H33N5O/c1-23(2)17-27-14-16-39-35(40-27)25-7-6-8-28(19-25)42-29-10-11-30-31-18-24(22-37)9-12-32(31)41(33(30)21-29)34-20-26(13-15-38-34)36(3,4)5/h6-16,18-21,23H,17H2,1-5H3. The van der Waals surface area contributed by atoms with E-state index < -0.39 is 0 Å². The van der Waals surface area contributed by atoms with E-state index in [-0.39, 0.29) is 5.41 Å². The molecule has 0 atom stereocenters. The van der Waals surface area contributed by atoms with Crippen LogP contribution in [0.4, 0.5) is 0 Å². The van der Waals surface area contributed by atoms with Crippen LogP contribution >= 0.6 is 0 Å². The Labute approximate surface area is 246 Å². The minimum Gasteiger partial charge on any atom is -0.457 e. The van der Waals surface area contributed by atoms with Crippen molar-refractivity contribution in [3.63, 3.8) is 0 Å². The van der Waals surface area contributed by atoms with E-state index in [0.717, 1.165) is 45.3 Å². The molecule has 0 N–H and O–H groups in total. The molecule has 208 valence electrons. The molecule has 0 saturated carbocycles. The Morgan fingerprint density at radius 3 is 2.43 bits per heavy atom. The Hall–Kier alpha value is -5.02. The van der Waals surface area contributed by atoms with Crippen molar-refractivity contribution in [3.8, 4) is 34.8 Å². The maximum absolute atomic E-state index is 9.59. The highest BCUT2D eigenvalue weighted by molar-refractivity contribution is 6.09. The van der Waals surface area contributed by atoms with E-state index in [4.69, 9.17) is 14.7 Å². The van der Waals surface area contributed by atoms with Crippen molar-refractivity contribution in [2.45, 2.75) is 46.5 Å². The first-order chi connectivity index (χ1) is 20.2. The minimum absolute atomic E-state index is 0.0261. The van der Waals surface area contributed by atoms with Crippen LogP contribution in [0.3, 0.4) is 0 Å². The molecule has 6 rings (SSSR count). The Bertz CT molecular complexity index is 1970. The minimum atomic E-state index is -0.0261. The molecule has 6 heteroatoms. The van der Waals surface area contributed by atoms with Crippen LogP contribution in [-0.4, -0.2) is 19.5 Å². The molecule has 42 heavy (non-hydrogen) atoms. The SMILES string of the molecule is CC(C)Cc1ccnc(-c2cccc(Oc3ccc4c5cc(C#N)ccc5n(-c5cc(C(C)(C)C)ccn5)c4c3)c2)n1. The van der Waals surface area contributed by atoms with Gasteiger partial charge in [-0.05, 0) is 84.0 Å². The molecule has 3 aromatic carbocycles. The number of rotatable bonds is 6. The van der Waals surface area contributed by atoms with Crippen LogP contribution in [0.5, 0.6) is 11.5 Å². The number of fused-ring (bicyclic) bond motifs is 3. The molecule has 6 nitrogen and oxygen atoms in total. The summed E-state index contributed by atoms with van der Waals surface area (Å²) in [6, 6.07) is 28.2. The maximum atomic E-state index is 9.59. The van der Waals surface area contributed by atoms with Crippen molar-refractivity contribution in [3.05, 3.63) is 108 Å². The summed E-state index contributed by atoms with van der Waals surface area (Å²) in [5.74, 6) is 3.43. The molecule has 0 spiro atoms. The lowest BCUT2D eigenvalue weighted by Crippen LogP contribution is -2.12. The van der Waals surface area contributed by atoms with Crippen LogP contribution in [-0.2, 0) is 11.8 Å². The highest BCUT2D eigenvalue weighted by Gasteiger charge is 2.19. The number of nitrogens with zero attached hydrogens (tertiary/aromatic N) is 5. The predicted molar refractivity (Wildman–Crippen MR) is 168 cm³/mol. The third-order valence-electron chi connectivity index (χ3n) is 7.37. The molecule has 0 aliphatic carbocycles. The van der Waals surface area contributed by atoms with Crippen LogP contribution in [0.2, 0.25) is 0 Å². The first-order valence-electron chi connectivity index (χ1n) is 14.2. The number of hydrogen-bond donors (Lipinski definition) is 0. The summed E-state index contributed by atoms with van der Waals surface area (Å²) in [7, 11) is 0. The van der Waals surface area contributed by atoms with Crippen LogP contribution in [0.25, 0.3) is 39.0 Å². The molecule has 0 fully saturated rings. The Kier molecular flexibility index (Phi) is 6.96. The third-order valence-corrected chi connectivity index (χ3v) is 7.37. The number of aromatic nitrogens is 4. The van der Waals surface area contributed by atoms with Crippen LogP contribution in [0, 0.1) is 17.2 Å². The summed E-state index contributed by atoms with van der Waals surface area (Å²) < 4.78 is 8.56. The monoisotopic (exact) mass is 551 g/mol. The smallest absolute Gasteiger partial charge is 0.159 e. The Morgan fingerprint density at radius 2 is 1.64 bits per heavy atom. The lowest BCUT2D eigenvalue weighted by Gasteiger charge is -2.20. The quantitative estimate of drug-likeness (QED) is 0.207. The van der Waals surface area contributed by atoms with E-state index in [1.165, 1.54) is 5.56 Å². The summed E-state index contributed by atoms with van der Waals surface area (Å²) in [5.41, 5.74) is 5.66. The average Bonchev–Trinajstić information content (AvgIpc) is 3.29. The largest absolute Gasteiger partial charge is 0.457 e. The summed E-state index contributed by atoms with van der Waals surface area (Å²) in [4.78, 5) is 14.1. The number of benzene rings is 3. The van der Waals surface area contributed by atoms with Gasteiger partial charge in [0.15, 0.2) is 5.82 Å². The van der Waals surface area contributed by atoms with Gasteiger partial charge in [-0.15, -0.1) is 0 Å². The van der Waals surface area contributed by atoms with Gasteiger partial charge in [0.2, 0.25) is 0 Å². The van der Waals surface area contributed by atoms with E-state index >= 15 is 0 Å². The molecule has 0 unspecified atom stereocenters. The number of ether oxygens (including phenoxy) is 1. The van der Waals surface area contributed by atoms with Crippen molar-refractivity contribution in [1.29, 1.82) is 5.26 Å². The Morgan fingerprint density at radius 1 is 0.833 bits per heavy atom. The molecule has 0 aliphatic heterocycles. The first-order valence-corrected chi connectivity index (χ1v) is 14.2. The molecular weight excluding hydrogens is 518 g/mol. The maximum Gasteiger partial charge on any atom is 0.159 e. The zero-order valence-electron chi connectivity index (χ0n) is 24.6. The summed E-state index contributed by atoms with van der Waals surface area (Å²) in [5, 5.41) is 11.6. The molecule has 0 saturated heterocycles. The van der Waals surface area contributed by atoms with E-state index in [2.05, 4.69) is 68.4 Å². The zero-order valence-corrected chi connectivity index (χ0v) is 24.6. The summed E-state index contributed by atoms with van der Waals surface area (Å²) in [6.45, 7) is 11.0. The van der Waals surface area contributed by atoms with Gasteiger partial charge in [-0.1, -0.05) is 46.8 Å². The fourth-order valence-corrected chi connectivity index (χ4v) is 5.29. The topological polar surface area (TPSA) is 76.6 Å². The van der Waals surface area contributed by atoms with Crippen LogP contribution in [0.15, 0.2) is 91.3 Å². The fraction of sp³-hybridized carbons (Fsp3) is 0.222. The van der Waals surface area contributed by atoms with Crippen molar-refractivity contribution >= 4 is 21.8 Å². The first kappa shape index (κ1) is 27.2. The van der Waals surface area contributed by atoms with E-state index in [1.54, 1.807) is 0 Å². The van der Waals surface area contributed by atoms with Gasteiger partial charge >= 0.3 is 0 Å². The highest BCUT2D eigenvalue weighted by Crippen LogP contribution is 2.36. The van der Waals surface area contributed by atoms with E-state index in [1.807, 2.05) is 73.1 Å². The summed E-state index contributed by atoms with van der Waals surface area (Å²) >= 11 is 0. The lowest BCUT2D eigenvalue weighted by molar-refractivity contribution is 0.483. The normalized spacial score (nSPS) is 11.7. The van der Waals surface area contributed by atoms with Gasteiger partial charge in [0.1, 0.15) is 17.3 Å². The second kappa shape index (κ2) is 10.8. The van der Waals surface area contributed by atoms with Crippen molar-refractivity contribution < 1.29 is 4.74 Å². The molecular formula is C36H33N5O. The zero-order chi connectivity index (χ0) is 29.4. The molecule has 0 aliphatic rings. The molecule has 6 aromatic rings. The molecule has 0 amide bonds. The third kappa shape index (κ3) is 5.34. The van der Waals surface area contributed by atoms with Gasteiger partial charge in [-0.2, -0.15) is 5.26 Å². The lowest BCUT2D eigenvalue weighted by atomic mass is 9.88. The second-order valence-corrected chi connectivity index (χ2v) is 12.1. The van der Waals surface area contributed by atoms with Crippen LogP contribution < -0.4 is 4.74 Å². The van der Waals surface area contributed by atoms with Crippen molar-refractivity contribution in [2.75, 3.05) is 0 Å².